The average molecular weight is 440 g/mol. The van der Waals surface area contributed by atoms with Gasteiger partial charge in [-0.3, -0.25) is 0 Å². The van der Waals surface area contributed by atoms with Crippen LogP contribution in [0.3, 0.4) is 0 Å². The van der Waals surface area contributed by atoms with E-state index in [0.29, 0.717) is 17.9 Å². The van der Waals surface area contributed by atoms with E-state index in [-0.39, 0.29) is 11.7 Å². The topological polar surface area (TPSA) is 71.8 Å². The quantitative estimate of drug-likeness (QED) is 0.666. The highest BCUT2D eigenvalue weighted by Crippen LogP contribution is 2.41. The Morgan fingerprint density at radius 2 is 1.84 bits per heavy atom. The van der Waals surface area contributed by atoms with Crippen LogP contribution in [0.15, 0.2) is 24.3 Å². The molecule has 3 atom stereocenters. The van der Waals surface area contributed by atoms with Crippen molar-refractivity contribution in [2.75, 3.05) is 23.3 Å². The third kappa shape index (κ3) is 3.48. The lowest BCUT2D eigenvalue weighted by Gasteiger charge is -2.37. The van der Waals surface area contributed by atoms with E-state index in [1.165, 1.54) is 36.5 Å². The summed E-state index contributed by atoms with van der Waals surface area (Å²) in [6, 6.07) is 7.23. The largest absolute Gasteiger partial charge is 0.350 e. The third-order valence-corrected chi connectivity index (χ3v) is 7.93. The summed E-state index contributed by atoms with van der Waals surface area (Å²) in [7, 11) is 0. The van der Waals surface area contributed by atoms with Gasteiger partial charge in [0.25, 0.3) is 0 Å². The number of fused-ring (bicyclic) bond motifs is 3. The fourth-order valence-electron chi connectivity index (χ4n) is 5.60. The molecule has 3 unspecified atom stereocenters. The molecule has 6 rings (SSSR count). The molecule has 9 heteroatoms. The zero-order valence-corrected chi connectivity index (χ0v) is 18.4. The molecule has 2 bridgehead atoms. The lowest BCUT2D eigenvalue weighted by molar-refractivity contribution is 0.376. The van der Waals surface area contributed by atoms with E-state index in [1.54, 1.807) is 0 Å². The van der Waals surface area contributed by atoms with Crippen LogP contribution in [0.25, 0.3) is 0 Å². The number of nitrogens with one attached hydrogen (secondary N) is 1. The van der Waals surface area contributed by atoms with Gasteiger partial charge in [-0.1, -0.05) is 12.1 Å². The summed E-state index contributed by atoms with van der Waals surface area (Å²) in [5.74, 6) is 3.70. The number of benzene rings is 1. The Kier molecular flexibility index (Phi) is 4.66. The molecule has 162 valence electrons. The van der Waals surface area contributed by atoms with Gasteiger partial charge in [0.05, 0.1) is 0 Å². The number of anilines is 2. The van der Waals surface area contributed by atoms with Crippen LogP contribution in [0.5, 0.6) is 0 Å². The summed E-state index contributed by atoms with van der Waals surface area (Å²) in [5.41, 5.74) is 1.11. The Morgan fingerprint density at radius 3 is 2.55 bits per heavy atom. The number of aromatic nitrogens is 5. The van der Waals surface area contributed by atoms with Gasteiger partial charge in [-0.05, 0) is 62.1 Å². The molecule has 3 aromatic rings. The molecule has 7 nitrogen and oxygen atoms in total. The van der Waals surface area contributed by atoms with Crippen molar-refractivity contribution in [3.8, 4) is 0 Å². The fourth-order valence-corrected chi connectivity index (χ4v) is 6.29. The second-order valence-electron chi connectivity index (χ2n) is 9.06. The molecule has 1 aromatic carbocycles. The molecular formula is C22H26FN7S. The molecule has 0 spiro atoms. The van der Waals surface area contributed by atoms with Gasteiger partial charge in [-0.2, -0.15) is 9.36 Å². The molecule has 1 saturated heterocycles. The first-order valence-corrected chi connectivity index (χ1v) is 11.9. The Bertz CT molecular complexity index is 1060. The lowest BCUT2D eigenvalue weighted by Crippen LogP contribution is -2.48. The summed E-state index contributed by atoms with van der Waals surface area (Å²) in [6.45, 7) is 4.86. The van der Waals surface area contributed by atoms with Crippen molar-refractivity contribution in [2.24, 2.45) is 11.8 Å². The SMILES string of the molecule is Cc1nsc(N2CC3CCC(C2)C3Nc2nc3n(n2)CCCC3c2ccc(F)cc2)n1. The first-order chi connectivity index (χ1) is 15.1. The van der Waals surface area contributed by atoms with Gasteiger partial charge in [-0.15, -0.1) is 5.10 Å². The molecule has 2 aliphatic heterocycles. The number of halogens is 1. The minimum Gasteiger partial charge on any atom is -0.350 e. The van der Waals surface area contributed by atoms with Crippen LogP contribution in [0.4, 0.5) is 15.5 Å². The minimum atomic E-state index is -0.200. The van der Waals surface area contributed by atoms with Crippen LogP contribution in [0, 0.1) is 24.6 Å². The Labute approximate surface area is 184 Å². The summed E-state index contributed by atoms with van der Waals surface area (Å²) in [6.07, 6.45) is 4.53. The highest BCUT2D eigenvalue weighted by Gasteiger charge is 2.43. The molecular weight excluding hydrogens is 413 g/mol. The predicted molar refractivity (Wildman–Crippen MR) is 118 cm³/mol. The predicted octanol–water partition coefficient (Wildman–Crippen LogP) is 3.83. The second-order valence-corrected chi connectivity index (χ2v) is 9.79. The number of aryl methyl sites for hydroxylation is 2. The van der Waals surface area contributed by atoms with Crippen LogP contribution in [0.2, 0.25) is 0 Å². The van der Waals surface area contributed by atoms with Crippen LogP contribution >= 0.6 is 11.5 Å². The maximum absolute atomic E-state index is 13.4. The standard InChI is InChI=1S/C22H26FN7S/c1-13-24-22(31-28-13)29-11-15-4-5-16(12-29)19(15)25-21-26-20-18(3-2-10-30(20)27-21)14-6-8-17(23)9-7-14/h6-9,15-16,18-19H,2-5,10-12H2,1H3,(H,25,27). The van der Waals surface area contributed by atoms with Crippen LogP contribution in [-0.4, -0.2) is 43.3 Å². The highest BCUT2D eigenvalue weighted by molar-refractivity contribution is 7.09. The molecule has 1 aliphatic carbocycles. The van der Waals surface area contributed by atoms with Crippen molar-refractivity contribution in [1.29, 1.82) is 0 Å². The van der Waals surface area contributed by atoms with E-state index >= 15 is 0 Å². The van der Waals surface area contributed by atoms with E-state index < -0.39 is 0 Å². The Balaban J connectivity index is 1.20. The minimum absolute atomic E-state index is 0.177. The monoisotopic (exact) mass is 439 g/mol. The van der Waals surface area contributed by atoms with Gasteiger partial charge in [0.15, 0.2) is 0 Å². The molecule has 1 N–H and O–H groups in total. The molecule has 2 aromatic heterocycles. The number of nitrogens with zero attached hydrogens (tertiary/aromatic N) is 6. The third-order valence-electron chi connectivity index (χ3n) is 7.06. The normalized spacial score (nSPS) is 27.4. The molecule has 0 radical (unpaired) electrons. The molecule has 4 heterocycles. The Morgan fingerprint density at radius 1 is 1.06 bits per heavy atom. The van der Waals surface area contributed by atoms with Gasteiger partial charge < -0.3 is 10.2 Å². The second kappa shape index (κ2) is 7.55. The van der Waals surface area contributed by atoms with Crippen molar-refractivity contribution >= 4 is 22.6 Å². The van der Waals surface area contributed by atoms with Crippen LogP contribution < -0.4 is 10.2 Å². The van der Waals surface area contributed by atoms with Gasteiger partial charge in [0.2, 0.25) is 11.1 Å². The van der Waals surface area contributed by atoms with Gasteiger partial charge in [-0.25, -0.2) is 14.1 Å². The number of rotatable bonds is 4. The van der Waals surface area contributed by atoms with E-state index in [4.69, 9.17) is 10.1 Å². The van der Waals surface area contributed by atoms with Crippen molar-refractivity contribution in [2.45, 2.75) is 51.1 Å². The van der Waals surface area contributed by atoms with E-state index in [9.17, 15) is 4.39 Å². The maximum Gasteiger partial charge on any atom is 0.242 e. The Hall–Kier alpha value is -2.55. The van der Waals surface area contributed by atoms with Crippen molar-refractivity contribution < 1.29 is 4.39 Å². The lowest BCUT2D eigenvalue weighted by atomic mass is 9.91. The number of hydrogen-bond donors (Lipinski definition) is 1. The highest BCUT2D eigenvalue weighted by atomic mass is 32.1. The summed E-state index contributed by atoms with van der Waals surface area (Å²) in [4.78, 5) is 11.9. The number of hydrogen-bond acceptors (Lipinski definition) is 7. The molecule has 31 heavy (non-hydrogen) atoms. The molecule has 1 saturated carbocycles. The van der Waals surface area contributed by atoms with Gasteiger partial charge in [0, 0.05) is 43.1 Å². The van der Waals surface area contributed by atoms with Gasteiger partial charge in [0.1, 0.15) is 17.5 Å². The molecule has 2 fully saturated rings. The van der Waals surface area contributed by atoms with Gasteiger partial charge >= 0.3 is 0 Å². The van der Waals surface area contributed by atoms with E-state index in [1.807, 2.05) is 23.7 Å². The maximum atomic E-state index is 13.4. The number of piperidine rings is 1. The first-order valence-electron chi connectivity index (χ1n) is 11.2. The van der Waals surface area contributed by atoms with E-state index in [0.717, 1.165) is 60.8 Å². The van der Waals surface area contributed by atoms with Crippen molar-refractivity contribution in [1.82, 2.24) is 24.1 Å². The fraction of sp³-hybridized carbons (Fsp3) is 0.545. The van der Waals surface area contributed by atoms with Crippen LogP contribution in [-0.2, 0) is 6.54 Å². The summed E-state index contributed by atoms with van der Waals surface area (Å²) >= 11 is 1.50. The zero-order valence-electron chi connectivity index (χ0n) is 17.5. The molecule has 3 aliphatic rings. The van der Waals surface area contributed by atoms with Crippen molar-refractivity contribution in [3.05, 3.63) is 47.3 Å². The van der Waals surface area contributed by atoms with Crippen molar-refractivity contribution in [3.63, 3.8) is 0 Å². The van der Waals surface area contributed by atoms with Crippen LogP contribution in [0.1, 0.15) is 48.8 Å². The zero-order chi connectivity index (χ0) is 20.9. The smallest absolute Gasteiger partial charge is 0.242 e. The summed E-state index contributed by atoms with van der Waals surface area (Å²) < 4.78 is 19.8. The van der Waals surface area contributed by atoms with E-state index in [2.05, 4.69) is 19.6 Å². The first kappa shape index (κ1) is 19.2. The summed E-state index contributed by atoms with van der Waals surface area (Å²) in [5, 5.41) is 9.54. The average Bonchev–Trinajstić information content (AvgIpc) is 3.44. The molecule has 0 amide bonds.